The quantitative estimate of drug-likeness (QED) is 0.464. The van der Waals surface area contributed by atoms with Crippen LogP contribution in [0.3, 0.4) is 0 Å². The fraction of sp³-hybridized carbons (Fsp3) is 0.476. The lowest BCUT2D eigenvalue weighted by molar-refractivity contribution is -0.0583. The highest BCUT2D eigenvalue weighted by molar-refractivity contribution is 7.11. The van der Waals surface area contributed by atoms with E-state index in [0.29, 0.717) is 17.0 Å². The predicted molar refractivity (Wildman–Crippen MR) is 122 cm³/mol. The van der Waals surface area contributed by atoms with Crippen molar-refractivity contribution in [1.82, 2.24) is 19.5 Å². The first-order chi connectivity index (χ1) is 15.6. The van der Waals surface area contributed by atoms with Crippen molar-refractivity contribution in [3.8, 4) is 0 Å². The van der Waals surface area contributed by atoms with Gasteiger partial charge in [0.05, 0.1) is 18.3 Å². The maximum Gasteiger partial charge on any atom is 0.167 e. The van der Waals surface area contributed by atoms with Gasteiger partial charge in [-0.3, -0.25) is 4.57 Å². The Labute approximate surface area is 193 Å². The molecule has 170 valence electrons. The van der Waals surface area contributed by atoms with Crippen molar-refractivity contribution in [3.63, 3.8) is 0 Å². The van der Waals surface area contributed by atoms with Gasteiger partial charge in [-0.1, -0.05) is 12.1 Å². The third-order valence-corrected chi connectivity index (χ3v) is 7.43. The van der Waals surface area contributed by atoms with E-state index in [1.54, 1.807) is 22.2 Å². The number of allylic oxidation sites excluding steroid dienone is 1. The van der Waals surface area contributed by atoms with E-state index in [4.69, 9.17) is 21.1 Å². The van der Waals surface area contributed by atoms with Crippen LogP contribution in [0.15, 0.2) is 36.2 Å². The molecule has 2 aliphatic rings. The summed E-state index contributed by atoms with van der Waals surface area (Å²) in [6, 6.07) is 4.16. The van der Waals surface area contributed by atoms with Gasteiger partial charge in [0.25, 0.3) is 0 Å². The first-order valence-electron chi connectivity index (χ1n) is 10.4. The molecule has 32 heavy (non-hydrogen) atoms. The van der Waals surface area contributed by atoms with Gasteiger partial charge < -0.3 is 25.0 Å². The van der Waals surface area contributed by atoms with Gasteiger partial charge in [0.2, 0.25) is 0 Å². The number of hydrogen-bond acceptors (Lipinski definition) is 9. The number of hydrogen-bond donors (Lipinski definition) is 3. The Hall–Kier alpha value is -2.08. The van der Waals surface area contributed by atoms with Gasteiger partial charge in [0.1, 0.15) is 24.6 Å². The van der Waals surface area contributed by atoms with Crippen molar-refractivity contribution in [2.24, 2.45) is 0 Å². The fourth-order valence-corrected chi connectivity index (χ4v) is 5.44. The van der Waals surface area contributed by atoms with Crippen LogP contribution in [0.4, 0.5) is 5.82 Å². The molecule has 4 heterocycles. The molecule has 1 fully saturated rings. The molecule has 0 spiro atoms. The number of methoxy groups -OCH3 is 1. The van der Waals surface area contributed by atoms with Gasteiger partial charge in [-0.15, -0.1) is 22.9 Å². The van der Waals surface area contributed by atoms with E-state index in [1.807, 2.05) is 6.07 Å². The Morgan fingerprint density at radius 1 is 1.38 bits per heavy atom. The second-order valence-corrected chi connectivity index (χ2v) is 9.41. The third-order valence-electron chi connectivity index (χ3n) is 6.03. The van der Waals surface area contributed by atoms with Crippen LogP contribution in [-0.2, 0) is 9.47 Å². The minimum atomic E-state index is -0.963. The average molecular weight is 478 g/mol. The van der Waals surface area contributed by atoms with E-state index in [2.05, 4.69) is 37.8 Å². The minimum Gasteiger partial charge on any atom is -0.394 e. The van der Waals surface area contributed by atoms with Crippen LogP contribution in [0, 0.1) is 0 Å². The molecule has 0 amide bonds. The molecule has 3 aromatic heterocycles. The fourth-order valence-electron chi connectivity index (χ4n) is 4.33. The van der Waals surface area contributed by atoms with Crippen LogP contribution in [0.1, 0.15) is 23.9 Å². The monoisotopic (exact) mass is 477 g/mol. The number of nitrogens with one attached hydrogen (secondary N) is 1. The SMILES string of the molecule is CO[C@@H]1[C@H](O)[C@@H](CO)O[C@H]1n1cnc2c(N[C@@H]3CC=C(c4cccs4)C[C@H]3Cl)ncnc21. The predicted octanol–water partition coefficient (Wildman–Crippen LogP) is 2.42. The number of halogens is 1. The van der Waals surface area contributed by atoms with Crippen molar-refractivity contribution in [1.29, 1.82) is 0 Å². The maximum atomic E-state index is 10.4. The number of fused-ring (bicyclic) bond motifs is 1. The lowest BCUT2D eigenvalue weighted by Gasteiger charge is -2.28. The average Bonchev–Trinajstić information content (AvgIpc) is 3.54. The second-order valence-electron chi connectivity index (χ2n) is 7.90. The summed E-state index contributed by atoms with van der Waals surface area (Å²) >= 11 is 8.46. The molecule has 9 nitrogen and oxygen atoms in total. The summed E-state index contributed by atoms with van der Waals surface area (Å²) in [5.74, 6) is 0.587. The number of imidazole rings is 1. The van der Waals surface area contributed by atoms with Gasteiger partial charge in [-0.25, -0.2) is 15.0 Å². The number of rotatable bonds is 6. The van der Waals surface area contributed by atoms with Gasteiger partial charge in [-0.05, 0) is 29.9 Å². The van der Waals surface area contributed by atoms with E-state index in [9.17, 15) is 10.2 Å². The molecule has 0 radical (unpaired) electrons. The first kappa shape index (κ1) is 21.7. The Morgan fingerprint density at radius 3 is 2.97 bits per heavy atom. The largest absolute Gasteiger partial charge is 0.394 e. The number of thiophene rings is 1. The van der Waals surface area contributed by atoms with Crippen molar-refractivity contribution in [2.45, 2.75) is 48.8 Å². The summed E-state index contributed by atoms with van der Waals surface area (Å²) in [4.78, 5) is 14.5. The Morgan fingerprint density at radius 2 is 2.25 bits per heavy atom. The molecule has 0 aromatic carbocycles. The lowest BCUT2D eigenvalue weighted by atomic mass is 9.93. The second kappa shape index (κ2) is 9.05. The van der Waals surface area contributed by atoms with Crippen molar-refractivity contribution < 1.29 is 19.7 Å². The minimum absolute atomic E-state index is 0.00123. The molecular weight excluding hydrogens is 454 g/mol. The lowest BCUT2D eigenvalue weighted by Crippen LogP contribution is -2.34. The summed E-state index contributed by atoms with van der Waals surface area (Å²) in [5, 5.41) is 25.3. The van der Waals surface area contributed by atoms with Gasteiger partial charge >= 0.3 is 0 Å². The number of alkyl halides is 1. The van der Waals surface area contributed by atoms with Crippen LogP contribution >= 0.6 is 22.9 Å². The molecule has 0 saturated carbocycles. The number of ether oxygens (including phenoxy) is 2. The molecule has 6 atom stereocenters. The number of aliphatic hydroxyl groups excluding tert-OH is 2. The van der Waals surface area contributed by atoms with E-state index in [1.165, 1.54) is 23.9 Å². The Balaban J connectivity index is 1.39. The first-order valence-corrected chi connectivity index (χ1v) is 11.7. The van der Waals surface area contributed by atoms with Crippen LogP contribution in [0.5, 0.6) is 0 Å². The zero-order valence-electron chi connectivity index (χ0n) is 17.3. The number of anilines is 1. The molecule has 1 aliphatic heterocycles. The van der Waals surface area contributed by atoms with E-state index >= 15 is 0 Å². The molecule has 1 saturated heterocycles. The van der Waals surface area contributed by atoms with Crippen molar-refractivity contribution in [2.75, 3.05) is 19.0 Å². The molecule has 3 aromatic rings. The smallest absolute Gasteiger partial charge is 0.167 e. The zero-order valence-corrected chi connectivity index (χ0v) is 18.9. The summed E-state index contributed by atoms with van der Waals surface area (Å²) in [7, 11) is 1.49. The van der Waals surface area contributed by atoms with E-state index in [-0.39, 0.29) is 18.0 Å². The molecule has 5 rings (SSSR count). The molecular formula is C21H24ClN5O4S. The molecule has 1 aliphatic carbocycles. The van der Waals surface area contributed by atoms with Crippen LogP contribution < -0.4 is 5.32 Å². The van der Waals surface area contributed by atoms with Gasteiger partial charge in [-0.2, -0.15) is 0 Å². The number of aliphatic hydroxyl groups is 2. The topological polar surface area (TPSA) is 115 Å². The third kappa shape index (κ3) is 3.81. The normalized spacial score (nSPS) is 30.6. The summed E-state index contributed by atoms with van der Waals surface area (Å²) in [6.45, 7) is -0.314. The summed E-state index contributed by atoms with van der Waals surface area (Å²) in [5.41, 5.74) is 2.39. The number of aromatic nitrogens is 4. The Kier molecular flexibility index (Phi) is 6.15. The molecule has 0 unspecified atom stereocenters. The number of nitrogens with zero attached hydrogens (tertiary/aromatic N) is 4. The molecule has 3 N–H and O–H groups in total. The van der Waals surface area contributed by atoms with Crippen LogP contribution in [0.25, 0.3) is 16.7 Å². The van der Waals surface area contributed by atoms with Gasteiger partial charge in [0, 0.05) is 18.0 Å². The van der Waals surface area contributed by atoms with Crippen LogP contribution in [0.2, 0.25) is 0 Å². The van der Waals surface area contributed by atoms with Gasteiger partial charge in [0.15, 0.2) is 23.2 Å². The maximum absolute atomic E-state index is 10.4. The Bertz CT molecular complexity index is 1110. The van der Waals surface area contributed by atoms with Crippen molar-refractivity contribution >= 4 is 45.5 Å². The van der Waals surface area contributed by atoms with Crippen molar-refractivity contribution in [3.05, 3.63) is 41.1 Å². The molecule has 11 heteroatoms. The van der Waals surface area contributed by atoms with Crippen LogP contribution in [-0.4, -0.2) is 73.2 Å². The zero-order chi connectivity index (χ0) is 22.2. The molecule has 0 bridgehead atoms. The summed E-state index contributed by atoms with van der Waals surface area (Å²) < 4.78 is 13.0. The van der Waals surface area contributed by atoms with E-state index < -0.39 is 24.5 Å². The highest BCUT2D eigenvalue weighted by Gasteiger charge is 2.45. The standard InChI is InChI=1S/C21H24ClN5O4S/c1-30-18-17(29)14(8-28)31-21(18)27-10-25-16-19(23-9-24-20(16)27)26-13-5-4-11(7-12(13)22)15-3-2-6-32-15/h2-4,6,9-10,12-14,17-18,21,28-29H,5,7-8H2,1H3,(H,23,24,26)/t12-,13-,14-,17-,18-,21-/m1/s1. The highest BCUT2D eigenvalue weighted by Crippen LogP contribution is 2.36. The van der Waals surface area contributed by atoms with E-state index in [0.717, 1.165) is 12.8 Å². The summed E-state index contributed by atoms with van der Waals surface area (Å²) in [6.07, 6.45) is 3.77. The highest BCUT2D eigenvalue weighted by atomic mass is 35.5.